The summed E-state index contributed by atoms with van der Waals surface area (Å²) in [5.41, 5.74) is 2.11. The summed E-state index contributed by atoms with van der Waals surface area (Å²) < 4.78 is 0. The van der Waals surface area contributed by atoms with E-state index in [4.69, 9.17) is 0 Å². The molecule has 1 N–H and O–H groups in total. The third-order valence-corrected chi connectivity index (χ3v) is 4.20. The number of benzene rings is 1. The molecule has 1 amide bonds. The number of hydrogen-bond donors (Lipinski definition) is 1. The van der Waals surface area contributed by atoms with Crippen LogP contribution in [0.3, 0.4) is 0 Å². The number of fused-ring (bicyclic) bond motifs is 1. The molecule has 1 aliphatic heterocycles. The first kappa shape index (κ1) is 10.8. The molecule has 0 aliphatic carbocycles. The number of amides is 1. The van der Waals surface area contributed by atoms with Crippen LogP contribution >= 0.6 is 15.9 Å². The Labute approximate surface area is 108 Å². The van der Waals surface area contributed by atoms with E-state index >= 15 is 0 Å². The SMILES string of the molecule is O=C1CC(CBr)CN1c1cccc2[nH]ccc12. The van der Waals surface area contributed by atoms with Crippen molar-refractivity contribution >= 4 is 38.4 Å². The average Bonchev–Trinajstić information content (AvgIpc) is 2.94. The number of carbonyl (C=O) groups excluding carboxylic acids is 1. The van der Waals surface area contributed by atoms with Crippen LogP contribution in [0.1, 0.15) is 6.42 Å². The molecule has 17 heavy (non-hydrogen) atoms. The van der Waals surface area contributed by atoms with Crippen LogP contribution in [0.2, 0.25) is 0 Å². The van der Waals surface area contributed by atoms with Gasteiger partial charge >= 0.3 is 0 Å². The monoisotopic (exact) mass is 292 g/mol. The second-order valence-corrected chi connectivity index (χ2v) is 5.09. The smallest absolute Gasteiger partial charge is 0.227 e. The minimum absolute atomic E-state index is 0.225. The second kappa shape index (κ2) is 4.18. The van der Waals surface area contributed by atoms with E-state index in [1.807, 2.05) is 35.4 Å². The lowest BCUT2D eigenvalue weighted by Crippen LogP contribution is -2.24. The molecular formula is C13H13BrN2O. The molecular weight excluding hydrogens is 280 g/mol. The zero-order chi connectivity index (χ0) is 11.8. The van der Waals surface area contributed by atoms with E-state index < -0.39 is 0 Å². The third-order valence-electron chi connectivity index (χ3n) is 3.29. The molecule has 2 heterocycles. The summed E-state index contributed by atoms with van der Waals surface area (Å²) in [6.45, 7) is 0.814. The Morgan fingerprint density at radius 2 is 2.29 bits per heavy atom. The number of nitrogens with one attached hydrogen (secondary N) is 1. The lowest BCUT2D eigenvalue weighted by Gasteiger charge is -2.17. The van der Waals surface area contributed by atoms with Gasteiger partial charge in [0.05, 0.1) is 5.69 Å². The van der Waals surface area contributed by atoms with Gasteiger partial charge in [-0.3, -0.25) is 4.79 Å². The first-order chi connectivity index (χ1) is 8.29. The Morgan fingerprint density at radius 3 is 3.06 bits per heavy atom. The standard InChI is InChI=1S/C13H13BrN2O/c14-7-9-6-13(17)16(8-9)12-3-1-2-11-10(12)4-5-15-11/h1-5,9,15H,6-8H2. The molecule has 0 saturated carbocycles. The summed E-state index contributed by atoms with van der Waals surface area (Å²) >= 11 is 3.46. The van der Waals surface area contributed by atoms with Gasteiger partial charge in [0.15, 0.2) is 0 Å². The van der Waals surface area contributed by atoms with E-state index in [-0.39, 0.29) is 5.91 Å². The van der Waals surface area contributed by atoms with Crippen LogP contribution in [-0.4, -0.2) is 22.8 Å². The molecule has 1 fully saturated rings. The van der Waals surface area contributed by atoms with Crippen LogP contribution in [0.5, 0.6) is 0 Å². The number of alkyl halides is 1. The van der Waals surface area contributed by atoms with Gasteiger partial charge in [-0.05, 0) is 24.1 Å². The number of rotatable bonds is 2. The van der Waals surface area contributed by atoms with Crippen LogP contribution in [-0.2, 0) is 4.79 Å². The summed E-state index contributed by atoms with van der Waals surface area (Å²) in [5.74, 6) is 0.653. The second-order valence-electron chi connectivity index (χ2n) is 4.44. The molecule has 0 spiro atoms. The van der Waals surface area contributed by atoms with Crippen molar-refractivity contribution in [1.82, 2.24) is 4.98 Å². The molecule has 88 valence electrons. The van der Waals surface area contributed by atoms with Crippen molar-refractivity contribution in [3.63, 3.8) is 0 Å². The molecule has 3 rings (SSSR count). The van der Waals surface area contributed by atoms with Gasteiger partial charge < -0.3 is 9.88 Å². The summed E-state index contributed by atoms with van der Waals surface area (Å²) in [6.07, 6.45) is 2.56. The molecule has 1 atom stereocenters. The molecule has 1 aromatic heterocycles. The predicted octanol–water partition coefficient (Wildman–Crippen LogP) is 2.92. The molecule has 1 aromatic carbocycles. The number of hydrogen-bond acceptors (Lipinski definition) is 1. The van der Waals surface area contributed by atoms with Crippen molar-refractivity contribution in [2.24, 2.45) is 5.92 Å². The van der Waals surface area contributed by atoms with Crippen LogP contribution < -0.4 is 4.90 Å². The number of nitrogens with zero attached hydrogens (tertiary/aromatic N) is 1. The minimum Gasteiger partial charge on any atom is -0.361 e. The third kappa shape index (κ3) is 1.76. The van der Waals surface area contributed by atoms with Gasteiger partial charge in [-0.15, -0.1) is 0 Å². The average molecular weight is 293 g/mol. The summed E-state index contributed by atoms with van der Waals surface area (Å²) in [5, 5.41) is 2.01. The van der Waals surface area contributed by atoms with Gasteiger partial charge in [-0.2, -0.15) is 0 Å². The predicted molar refractivity (Wildman–Crippen MR) is 72.6 cm³/mol. The van der Waals surface area contributed by atoms with Gasteiger partial charge in [0.25, 0.3) is 0 Å². The number of aromatic nitrogens is 1. The fourth-order valence-corrected chi connectivity index (χ4v) is 2.86. The minimum atomic E-state index is 0.225. The molecule has 1 saturated heterocycles. The molecule has 2 aromatic rings. The highest BCUT2D eigenvalue weighted by molar-refractivity contribution is 9.09. The van der Waals surface area contributed by atoms with Gasteiger partial charge in [-0.25, -0.2) is 0 Å². The number of halogens is 1. The Balaban J connectivity index is 2.04. The highest BCUT2D eigenvalue weighted by Gasteiger charge is 2.30. The maximum atomic E-state index is 12.0. The molecule has 1 aliphatic rings. The Kier molecular flexibility index (Phi) is 2.67. The first-order valence-corrected chi connectivity index (χ1v) is 6.84. The fourth-order valence-electron chi connectivity index (χ4n) is 2.42. The number of aromatic amines is 1. The zero-order valence-corrected chi connectivity index (χ0v) is 10.9. The van der Waals surface area contributed by atoms with Crippen molar-refractivity contribution < 1.29 is 4.79 Å². The first-order valence-electron chi connectivity index (χ1n) is 5.72. The van der Waals surface area contributed by atoms with E-state index in [9.17, 15) is 4.79 Å². The van der Waals surface area contributed by atoms with Crippen molar-refractivity contribution in [2.75, 3.05) is 16.8 Å². The fraction of sp³-hybridized carbons (Fsp3) is 0.308. The Morgan fingerprint density at radius 1 is 1.41 bits per heavy atom. The van der Waals surface area contributed by atoms with E-state index in [0.717, 1.165) is 28.5 Å². The number of anilines is 1. The highest BCUT2D eigenvalue weighted by atomic mass is 79.9. The van der Waals surface area contributed by atoms with Crippen molar-refractivity contribution in [1.29, 1.82) is 0 Å². The van der Waals surface area contributed by atoms with E-state index in [1.165, 1.54) is 0 Å². The number of H-pyrrole nitrogens is 1. The van der Waals surface area contributed by atoms with Gasteiger partial charge in [-0.1, -0.05) is 22.0 Å². The van der Waals surface area contributed by atoms with Crippen molar-refractivity contribution in [3.8, 4) is 0 Å². The van der Waals surface area contributed by atoms with Gasteiger partial charge in [0.2, 0.25) is 5.91 Å². The van der Waals surface area contributed by atoms with Crippen molar-refractivity contribution in [3.05, 3.63) is 30.5 Å². The maximum Gasteiger partial charge on any atom is 0.227 e. The normalized spacial score (nSPS) is 20.4. The van der Waals surface area contributed by atoms with Crippen LogP contribution in [0, 0.1) is 5.92 Å². The summed E-state index contributed by atoms with van der Waals surface area (Å²) in [6, 6.07) is 8.06. The highest BCUT2D eigenvalue weighted by Crippen LogP contribution is 2.31. The maximum absolute atomic E-state index is 12.0. The lowest BCUT2D eigenvalue weighted by molar-refractivity contribution is -0.117. The molecule has 0 radical (unpaired) electrons. The van der Waals surface area contributed by atoms with Crippen LogP contribution in [0.25, 0.3) is 10.9 Å². The lowest BCUT2D eigenvalue weighted by atomic mass is 10.1. The molecule has 4 heteroatoms. The number of carbonyl (C=O) groups is 1. The van der Waals surface area contributed by atoms with Crippen LogP contribution in [0.4, 0.5) is 5.69 Å². The summed E-state index contributed by atoms with van der Waals surface area (Å²) in [4.78, 5) is 17.1. The van der Waals surface area contributed by atoms with Crippen LogP contribution in [0.15, 0.2) is 30.5 Å². The zero-order valence-electron chi connectivity index (χ0n) is 9.32. The van der Waals surface area contributed by atoms with Gasteiger partial charge in [0.1, 0.15) is 0 Å². The van der Waals surface area contributed by atoms with E-state index in [1.54, 1.807) is 0 Å². The quantitative estimate of drug-likeness (QED) is 0.849. The topological polar surface area (TPSA) is 36.1 Å². The Hall–Kier alpha value is -1.29. The van der Waals surface area contributed by atoms with Crippen molar-refractivity contribution in [2.45, 2.75) is 6.42 Å². The van der Waals surface area contributed by atoms with E-state index in [2.05, 4.69) is 20.9 Å². The van der Waals surface area contributed by atoms with E-state index in [0.29, 0.717) is 12.3 Å². The summed E-state index contributed by atoms with van der Waals surface area (Å²) in [7, 11) is 0. The largest absolute Gasteiger partial charge is 0.361 e. The Bertz CT molecular complexity index is 563. The molecule has 0 bridgehead atoms. The molecule has 3 nitrogen and oxygen atoms in total. The van der Waals surface area contributed by atoms with Gasteiger partial charge in [0, 0.05) is 35.4 Å². The molecule has 1 unspecified atom stereocenters.